The van der Waals surface area contributed by atoms with E-state index in [0.29, 0.717) is 13.2 Å². The van der Waals surface area contributed by atoms with Gasteiger partial charge in [-0.05, 0) is 28.7 Å². The largest absolute Gasteiger partial charge is 0.492 e. The molecule has 2 N–H and O–H groups in total. The first kappa shape index (κ1) is 21.3. The van der Waals surface area contributed by atoms with Crippen molar-refractivity contribution in [2.75, 3.05) is 19.7 Å². The summed E-state index contributed by atoms with van der Waals surface area (Å²) in [5.41, 5.74) is 2.22. The van der Waals surface area contributed by atoms with E-state index in [0.717, 1.165) is 11.3 Å². The third-order valence-corrected chi connectivity index (χ3v) is 4.02. The minimum Gasteiger partial charge on any atom is -0.492 e. The lowest BCUT2D eigenvalue weighted by atomic mass is 9.87. The number of nitrogens with one attached hydrogen (secondary N) is 2. The summed E-state index contributed by atoms with van der Waals surface area (Å²) in [6.45, 7) is 7.18. The van der Waals surface area contributed by atoms with E-state index < -0.39 is 6.09 Å². The van der Waals surface area contributed by atoms with Crippen LogP contribution in [-0.2, 0) is 21.6 Å². The second-order valence-electron chi connectivity index (χ2n) is 7.39. The Bertz CT molecular complexity index is 752. The molecule has 2 aromatic carbocycles. The molecule has 6 nitrogen and oxygen atoms in total. The maximum absolute atomic E-state index is 11.8. The molecule has 150 valence electrons. The number of ether oxygens (including phenoxy) is 2. The first-order chi connectivity index (χ1) is 13.3. The van der Waals surface area contributed by atoms with Crippen LogP contribution < -0.4 is 15.4 Å². The second kappa shape index (κ2) is 10.3. The van der Waals surface area contributed by atoms with Gasteiger partial charge >= 0.3 is 6.09 Å². The van der Waals surface area contributed by atoms with Gasteiger partial charge in [0, 0.05) is 0 Å². The van der Waals surface area contributed by atoms with Crippen molar-refractivity contribution in [1.29, 1.82) is 0 Å². The van der Waals surface area contributed by atoms with Crippen LogP contribution in [0.3, 0.4) is 0 Å². The Morgan fingerprint density at radius 3 is 2.25 bits per heavy atom. The highest BCUT2D eigenvalue weighted by Crippen LogP contribution is 2.24. The van der Waals surface area contributed by atoms with E-state index in [-0.39, 0.29) is 24.5 Å². The van der Waals surface area contributed by atoms with Crippen LogP contribution in [0.2, 0.25) is 0 Å². The van der Waals surface area contributed by atoms with Crippen molar-refractivity contribution in [2.24, 2.45) is 0 Å². The van der Waals surface area contributed by atoms with Gasteiger partial charge in [0.1, 0.15) is 19.0 Å². The van der Waals surface area contributed by atoms with E-state index >= 15 is 0 Å². The highest BCUT2D eigenvalue weighted by molar-refractivity contribution is 5.82. The monoisotopic (exact) mass is 384 g/mol. The molecule has 0 spiro atoms. The summed E-state index contributed by atoms with van der Waals surface area (Å²) in [5, 5.41) is 5.10. The summed E-state index contributed by atoms with van der Waals surface area (Å²) < 4.78 is 10.7. The number of rotatable bonds is 8. The van der Waals surface area contributed by atoms with Crippen molar-refractivity contribution < 1.29 is 19.1 Å². The van der Waals surface area contributed by atoms with E-state index in [2.05, 4.69) is 31.4 Å². The summed E-state index contributed by atoms with van der Waals surface area (Å²) >= 11 is 0. The van der Waals surface area contributed by atoms with Gasteiger partial charge in [0.05, 0.1) is 13.1 Å². The standard InChI is InChI=1S/C22H28N2O4/c1-22(2,3)18-9-11-19(12-10-18)27-14-13-23-20(25)15-24-21(26)28-16-17-7-5-4-6-8-17/h4-12H,13-16H2,1-3H3,(H,23,25)(H,24,26). The van der Waals surface area contributed by atoms with Crippen molar-refractivity contribution in [3.63, 3.8) is 0 Å². The molecule has 0 radical (unpaired) electrons. The Hall–Kier alpha value is -3.02. The van der Waals surface area contributed by atoms with E-state index in [1.54, 1.807) is 0 Å². The first-order valence-corrected chi connectivity index (χ1v) is 9.29. The summed E-state index contributed by atoms with van der Waals surface area (Å²) in [6, 6.07) is 17.3. The van der Waals surface area contributed by atoms with Crippen molar-refractivity contribution in [3.8, 4) is 5.75 Å². The molecule has 0 unspecified atom stereocenters. The third kappa shape index (κ3) is 7.70. The Balaban J connectivity index is 1.58. The molecule has 2 amide bonds. The van der Waals surface area contributed by atoms with Gasteiger partial charge in [0.15, 0.2) is 0 Å². The van der Waals surface area contributed by atoms with Crippen LogP contribution in [-0.4, -0.2) is 31.7 Å². The number of amides is 2. The number of benzene rings is 2. The summed E-state index contributed by atoms with van der Waals surface area (Å²) in [4.78, 5) is 23.3. The van der Waals surface area contributed by atoms with Gasteiger partial charge < -0.3 is 20.1 Å². The van der Waals surface area contributed by atoms with E-state index in [1.165, 1.54) is 5.56 Å². The van der Waals surface area contributed by atoms with E-state index in [9.17, 15) is 9.59 Å². The lowest BCUT2D eigenvalue weighted by Gasteiger charge is -2.19. The smallest absolute Gasteiger partial charge is 0.407 e. The minimum absolute atomic E-state index is 0.0990. The summed E-state index contributed by atoms with van der Waals surface area (Å²) in [7, 11) is 0. The highest BCUT2D eigenvalue weighted by atomic mass is 16.5. The second-order valence-corrected chi connectivity index (χ2v) is 7.39. The fraction of sp³-hybridized carbons (Fsp3) is 0.364. The van der Waals surface area contributed by atoms with Crippen LogP contribution in [0.5, 0.6) is 5.75 Å². The van der Waals surface area contributed by atoms with E-state index in [4.69, 9.17) is 9.47 Å². The zero-order valence-electron chi connectivity index (χ0n) is 16.7. The molecule has 0 heterocycles. The van der Waals surface area contributed by atoms with Crippen LogP contribution in [0, 0.1) is 0 Å². The quantitative estimate of drug-likeness (QED) is 0.684. The Morgan fingerprint density at radius 1 is 0.929 bits per heavy atom. The molecular weight excluding hydrogens is 356 g/mol. The van der Waals surface area contributed by atoms with E-state index in [1.807, 2.05) is 54.6 Å². The lowest BCUT2D eigenvalue weighted by Crippen LogP contribution is -2.38. The fourth-order valence-corrected chi connectivity index (χ4v) is 2.40. The van der Waals surface area contributed by atoms with Gasteiger partial charge in [-0.3, -0.25) is 4.79 Å². The molecule has 0 fully saturated rings. The molecular formula is C22H28N2O4. The van der Waals surface area contributed by atoms with Crippen molar-refractivity contribution in [3.05, 3.63) is 65.7 Å². The predicted molar refractivity (Wildman–Crippen MR) is 108 cm³/mol. The van der Waals surface area contributed by atoms with Gasteiger partial charge in [-0.2, -0.15) is 0 Å². The topological polar surface area (TPSA) is 76.7 Å². The number of carbonyl (C=O) groups is 2. The molecule has 0 bridgehead atoms. The molecule has 0 aliphatic rings. The molecule has 6 heteroatoms. The van der Waals surface area contributed by atoms with Crippen molar-refractivity contribution >= 4 is 12.0 Å². The van der Waals surface area contributed by atoms with Gasteiger partial charge in [0.25, 0.3) is 0 Å². The molecule has 2 rings (SSSR count). The van der Waals surface area contributed by atoms with Crippen LogP contribution >= 0.6 is 0 Å². The first-order valence-electron chi connectivity index (χ1n) is 9.29. The average Bonchev–Trinajstić information content (AvgIpc) is 2.68. The van der Waals surface area contributed by atoms with Crippen LogP contribution in [0.15, 0.2) is 54.6 Å². The molecule has 0 saturated heterocycles. The average molecular weight is 384 g/mol. The number of hydrogen-bond donors (Lipinski definition) is 2. The Labute approximate surface area is 166 Å². The molecule has 28 heavy (non-hydrogen) atoms. The Morgan fingerprint density at radius 2 is 1.61 bits per heavy atom. The lowest BCUT2D eigenvalue weighted by molar-refractivity contribution is -0.120. The SMILES string of the molecule is CC(C)(C)c1ccc(OCCNC(=O)CNC(=O)OCc2ccccc2)cc1. The van der Waals surface area contributed by atoms with Crippen LogP contribution in [0.4, 0.5) is 4.79 Å². The summed E-state index contributed by atoms with van der Waals surface area (Å²) in [6.07, 6.45) is -0.630. The van der Waals surface area contributed by atoms with Gasteiger partial charge in [-0.1, -0.05) is 63.2 Å². The number of alkyl carbamates (subject to hydrolysis) is 1. The molecule has 0 aliphatic carbocycles. The molecule has 0 saturated carbocycles. The van der Waals surface area contributed by atoms with Gasteiger partial charge in [-0.25, -0.2) is 4.79 Å². The maximum atomic E-state index is 11.8. The minimum atomic E-state index is -0.630. The zero-order chi connectivity index (χ0) is 20.4. The predicted octanol–water partition coefficient (Wildman–Crippen LogP) is 3.41. The van der Waals surface area contributed by atoms with Crippen molar-refractivity contribution in [2.45, 2.75) is 32.8 Å². The fourth-order valence-electron chi connectivity index (χ4n) is 2.40. The number of hydrogen-bond acceptors (Lipinski definition) is 4. The van der Waals surface area contributed by atoms with Crippen LogP contribution in [0.1, 0.15) is 31.9 Å². The third-order valence-electron chi connectivity index (χ3n) is 4.02. The molecule has 2 aromatic rings. The Kier molecular flexibility index (Phi) is 7.87. The van der Waals surface area contributed by atoms with Crippen molar-refractivity contribution in [1.82, 2.24) is 10.6 Å². The molecule has 0 aliphatic heterocycles. The van der Waals surface area contributed by atoms with Gasteiger partial charge in [0.2, 0.25) is 5.91 Å². The zero-order valence-corrected chi connectivity index (χ0v) is 16.7. The van der Waals surface area contributed by atoms with Gasteiger partial charge in [-0.15, -0.1) is 0 Å². The highest BCUT2D eigenvalue weighted by Gasteiger charge is 2.13. The normalized spacial score (nSPS) is 10.8. The summed E-state index contributed by atoms with van der Waals surface area (Å²) in [5.74, 6) is 0.452. The maximum Gasteiger partial charge on any atom is 0.407 e. The number of carbonyl (C=O) groups excluding carboxylic acids is 2. The molecule has 0 aromatic heterocycles. The van der Waals surface area contributed by atoms with Crippen LogP contribution in [0.25, 0.3) is 0 Å². The molecule has 0 atom stereocenters.